The van der Waals surface area contributed by atoms with Crippen LogP contribution < -0.4 is 14.8 Å². The van der Waals surface area contributed by atoms with Gasteiger partial charge in [-0.25, -0.2) is 0 Å². The summed E-state index contributed by atoms with van der Waals surface area (Å²) >= 11 is 0. The Labute approximate surface area is 167 Å². The second-order valence-corrected chi connectivity index (χ2v) is 7.77. The molecule has 1 fully saturated rings. The second kappa shape index (κ2) is 9.41. The Bertz CT molecular complexity index is 694. The third kappa shape index (κ3) is 5.04. The van der Waals surface area contributed by atoms with Gasteiger partial charge >= 0.3 is 0 Å². The molecule has 0 aromatic heterocycles. The Balaban J connectivity index is 1.54. The Hall–Kier alpha value is -2.08. The van der Waals surface area contributed by atoms with Crippen LogP contribution in [0.5, 0.6) is 11.5 Å². The summed E-state index contributed by atoms with van der Waals surface area (Å²) in [7, 11) is 0. The van der Waals surface area contributed by atoms with Gasteiger partial charge in [-0.3, -0.25) is 9.59 Å². The second-order valence-electron chi connectivity index (χ2n) is 7.77. The minimum Gasteiger partial charge on any atom is -0.486 e. The fraction of sp³-hybridized carbons (Fsp3) is 0.636. The smallest absolute Gasteiger partial charge is 0.257 e. The van der Waals surface area contributed by atoms with Crippen LogP contribution in [0.1, 0.15) is 62.7 Å². The molecule has 154 valence electrons. The van der Waals surface area contributed by atoms with E-state index in [0.29, 0.717) is 30.0 Å². The van der Waals surface area contributed by atoms with Gasteiger partial charge in [-0.05, 0) is 50.9 Å². The summed E-state index contributed by atoms with van der Waals surface area (Å²) in [5, 5.41) is 2.88. The van der Waals surface area contributed by atoms with Gasteiger partial charge in [0.05, 0.1) is 12.0 Å². The van der Waals surface area contributed by atoms with Crippen molar-refractivity contribution in [1.29, 1.82) is 0 Å². The largest absolute Gasteiger partial charge is 0.486 e. The third-order valence-corrected chi connectivity index (χ3v) is 5.84. The molecule has 0 radical (unpaired) electrons. The molecule has 1 heterocycles. The van der Waals surface area contributed by atoms with Gasteiger partial charge in [0.2, 0.25) is 0 Å². The van der Waals surface area contributed by atoms with Crippen molar-refractivity contribution >= 4 is 11.7 Å². The summed E-state index contributed by atoms with van der Waals surface area (Å²) in [6, 6.07) is 5.25. The molecule has 6 nitrogen and oxygen atoms in total. The summed E-state index contributed by atoms with van der Waals surface area (Å²) in [5.74, 6) is 1.14. The lowest BCUT2D eigenvalue weighted by Gasteiger charge is -2.40. The number of ketones is 1. The van der Waals surface area contributed by atoms with Crippen molar-refractivity contribution in [3.63, 3.8) is 0 Å². The predicted octanol–water partition coefficient (Wildman–Crippen LogP) is 3.19. The number of fused-ring (bicyclic) bond motifs is 1. The quantitative estimate of drug-likeness (QED) is 0.741. The van der Waals surface area contributed by atoms with Gasteiger partial charge in [0.15, 0.2) is 12.4 Å². The van der Waals surface area contributed by atoms with E-state index in [-0.39, 0.29) is 23.9 Å². The van der Waals surface area contributed by atoms with Crippen molar-refractivity contribution in [3.8, 4) is 11.5 Å². The van der Waals surface area contributed by atoms with Gasteiger partial charge < -0.3 is 19.7 Å². The number of rotatable bonds is 8. The molecule has 1 aromatic carbocycles. The fourth-order valence-corrected chi connectivity index (χ4v) is 4.13. The minimum absolute atomic E-state index is 0.0455. The maximum absolute atomic E-state index is 12.6. The van der Waals surface area contributed by atoms with E-state index < -0.39 is 0 Å². The third-order valence-electron chi connectivity index (χ3n) is 5.84. The molecule has 0 unspecified atom stereocenters. The van der Waals surface area contributed by atoms with Crippen molar-refractivity contribution in [3.05, 3.63) is 23.8 Å². The molecule has 1 saturated carbocycles. The van der Waals surface area contributed by atoms with E-state index in [4.69, 9.17) is 9.47 Å². The minimum atomic E-state index is -0.344. The van der Waals surface area contributed by atoms with E-state index in [2.05, 4.69) is 24.1 Å². The molecule has 2 aliphatic rings. The Morgan fingerprint density at radius 3 is 2.68 bits per heavy atom. The number of hydrogen-bond acceptors (Lipinski definition) is 5. The zero-order valence-corrected chi connectivity index (χ0v) is 17.1. The predicted molar refractivity (Wildman–Crippen MR) is 108 cm³/mol. The highest BCUT2D eigenvalue weighted by Crippen LogP contribution is 2.42. The van der Waals surface area contributed by atoms with Gasteiger partial charge in [0, 0.05) is 19.2 Å². The number of likely N-dealkylation sites (N-methyl/N-ethyl adjacent to an activating group) is 1. The normalized spacial score (nSPS) is 17.9. The molecule has 0 atom stereocenters. The Morgan fingerprint density at radius 1 is 1.21 bits per heavy atom. The Morgan fingerprint density at radius 2 is 1.96 bits per heavy atom. The number of ether oxygens (including phenoxy) is 2. The van der Waals surface area contributed by atoms with Gasteiger partial charge in [-0.1, -0.05) is 20.3 Å². The lowest BCUT2D eigenvalue weighted by molar-refractivity contribution is -0.123. The molecule has 1 amide bonds. The van der Waals surface area contributed by atoms with E-state index in [1.54, 1.807) is 18.2 Å². The topological polar surface area (TPSA) is 67.9 Å². The number of carbonyl (C=O) groups is 2. The molecule has 1 N–H and O–H groups in total. The number of hydrogen-bond donors (Lipinski definition) is 1. The van der Waals surface area contributed by atoms with E-state index >= 15 is 0 Å². The molecule has 6 heteroatoms. The fourth-order valence-electron chi connectivity index (χ4n) is 4.13. The summed E-state index contributed by atoms with van der Waals surface area (Å²) < 4.78 is 11.9. The molecular formula is C22H32N2O4. The number of amides is 1. The first-order chi connectivity index (χ1) is 13.5. The molecular weight excluding hydrogens is 356 g/mol. The lowest BCUT2D eigenvalue weighted by Crippen LogP contribution is -2.43. The van der Waals surface area contributed by atoms with E-state index in [9.17, 15) is 9.59 Å². The molecule has 1 aliphatic carbocycles. The monoisotopic (exact) mass is 388 g/mol. The number of Topliss-reactive ketones (excluding diaryl/α,β-unsaturated/α-hetero) is 1. The van der Waals surface area contributed by atoms with Gasteiger partial charge in [-0.2, -0.15) is 0 Å². The first kappa shape index (κ1) is 20.6. The number of nitrogens with one attached hydrogen (secondary N) is 1. The number of carbonyl (C=O) groups excluding carboxylic acids is 2. The first-order valence-electron chi connectivity index (χ1n) is 10.5. The maximum Gasteiger partial charge on any atom is 0.257 e. The standard InChI is InChI=1S/C22H32N2O4/c1-3-24(4-2)13-12-23-21(26)16-27-17-8-9-18-19(25)15-22(28-20(18)14-17)10-6-5-7-11-22/h8-9,14H,3-7,10-13,15-16H2,1-2H3,(H,23,26). The highest BCUT2D eigenvalue weighted by Gasteiger charge is 2.41. The lowest BCUT2D eigenvalue weighted by atomic mass is 9.78. The average Bonchev–Trinajstić information content (AvgIpc) is 2.70. The highest BCUT2D eigenvalue weighted by molar-refractivity contribution is 6.00. The van der Waals surface area contributed by atoms with Crippen LogP contribution in [0, 0.1) is 0 Å². The SMILES string of the molecule is CCN(CC)CCNC(=O)COc1ccc2c(c1)OC1(CCCCC1)CC2=O. The summed E-state index contributed by atoms with van der Waals surface area (Å²) in [6.45, 7) is 7.54. The summed E-state index contributed by atoms with van der Waals surface area (Å²) in [6.07, 6.45) is 5.74. The maximum atomic E-state index is 12.6. The highest BCUT2D eigenvalue weighted by atomic mass is 16.5. The zero-order chi connectivity index (χ0) is 20.0. The molecule has 0 saturated heterocycles. The summed E-state index contributed by atoms with van der Waals surface area (Å²) in [4.78, 5) is 26.8. The molecule has 28 heavy (non-hydrogen) atoms. The van der Waals surface area contributed by atoms with Crippen molar-refractivity contribution in [2.75, 3.05) is 32.8 Å². The van der Waals surface area contributed by atoms with Gasteiger partial charge in [0.25, 0.3) is 5.91 Å². The molecule has 1 spiro atoms. The van der Waals surface area contributed by atoms with Crippen LogP contribution in [-0.4, -0.2) is 55.0 Å². The van der Waals surface area contributed by atoms with Crippen LogP contribution in [0.15, 0.2) is 18.2 Å². The van der Waals surface area contributed by atoms with Gasteiger partial charge in [0.1, 0.15) is 17.1 Å². The van der Waals surface area contributed by atoms with Crippen LogP contribution in [0.2, 0.25) is 0 Å². The van der Waals surface area contributed by atoms with Crippen LogP contribution >= 0.6 is 0 Å². The Kier molecular flexibility index (Phi) is 6.94. The van der Waals surface area contributed by atoms with E-state index in [0.717, 1.165) is 45.3 Å². The van der Waals surface area contributed by atoms with Crippen LogP contribution in [0.25, 0.3) is 0 Å². The molecule has 0 bridgehead atoms. The molecule has 1 aliphatic heterocycles. The summed E-state index contributed by atoms with van der Waals surface area (Å²) in [5.41, 5.74) is 0.273. The van der Waals surface area contributed by atoms with Crippen LogP contribution in [0.4, 0.5) is 0 Å². The van der Waals surface area contributed by atoms with Crippen molar-refractivity contribution < 1.29 is 19.1 Å². The first-order valence-corrected chi connectivity index (χ1v) is 10.5. The number of benzene rings is 1. The van der Waals surface area contributed by atoms with Crippen molar-refractivity contribution in [1.82, 2.24) is 10.2 Å². The van der Waals surface area contributed by atoms with Crippen molar-refractivity contribution in [2.45, 2.75) is 58.0 Å². The molecule has 3 rings (SSSR count). The van der Waals surface area contributed by atoms with Crippen LogP contribution in [-0.2, 0) is 4.79 Å². The van der Waals surface area contributed by atoms with Gasteiger partial charge in [-0.15, -0.1) is 0 Å². The van der Waals surface area contributed by atoms with E-state index in [1.807, 2.05) is 0 Å². The van der Waals surface area contributed by atoms with Crippen molar-refractivity contribution in [2.24, 2.45) is 0 Å². The average molecular weight is 389 g/mol. The molecule has 1 aromatic rings. The number of nitrogens with zero attached hydrogens (tertiary/aromatic N) is 1. The zero-order valence-electron chi connectivity index (χ0n) is 17.1. The van der Waals surface area contributed by atoms with E-state index in [1.165, 1.54) is 6.42 Å². The van der Waals surface area contributed by atoms with Crippen LogP contribution in [0.3, 0.4) is 0 Å².